The Hall–Kier alpha value is -1.52. The lowest BCUT2D eigenvalue weighted by Gasteiger charge is -2.14. The molecule has 2 rings (SSSR count). The fraction of sp³-hybridized carbons (Fsp3) is 0.250. The van der Waals surface area contributed by atoms with Crippen molar-refractivity contribution in [3.8, 4) is 17.2 Å². The Kier molecular flexibility index (Phi) is 5.04. The monoisotopic (exact) mass is 335 g/mol. The van der Waals surface area contributed by atoms with Crippen molar-refractivity contribution in [2.75, 3.05) is 7.11 Å². The van der Waals surface area contributed by atoms with E-state index < -0.39 is 0 Å². The van der Waals surface area contributed by atoms with E-state index in [4.69, 9.17) is 15.2 Å². The van der Waals surface area contributed by atoms with Crippen molar-refractivity contribution in [1.82, 2.24) is 0 Å². The predicted molar refractivity (Wildman–Crippen MR) is 84.6 cm³/mol. The summed E-state index contributed by atoms with van der Waals surface area (Å²) in [5, 5.41) is 0. The summed E-state index contributed by atoms with van der Waals surface area (Å²) in [6.45, 7) is 1.98. The second-order valence-electron chi connectivity index (χ2n) is 4.71. The van der Waals surface area contributed by atoms with Crippen LogP contribution in [0.5, 0.6) is 17.2 Å². The molecule has 1 unspecified atom stereocenters. The van der Waals surface area contributed by atoms with Gasteiger partial charge in [0.05, 0.1) is 7.11 Å². The van der Waals surface area contributed by atoms with Crippen LogP contribution in [0.15, 0.2) is 46.9 Å². The molecule has 0 saturated heterocycles. The van der Waals surface area contributed by atoms with E-state index in [1.807, 2.05) is 49.4 Å². The molecule has 0 saturated carbocycles. The Morgan fingerprint density at radius 1 is 1.15 bits per heavy atom. The Morgan fingerprint density at radius 2 is 1.90 bits per heavy atom. The first kappa shape index (κ1) is 14.9. The van der Waals surface area contributed by atoms with Crippen molar-refractivity contribution < 1.29 is 9.47 Å². The standard InChI is InChI=1S/C16H18BrNO2/c1-11(18)8-12-9-13(17)6-7-16(12)20-15-5-3-4-14(10-15)19-2/h3-7,9-11H,8,18H2,1-2H3. The van der Waals surface area contributed by atoms with Crippen LogP contribution >= 0.6 is 15.9 Å². The number of rotatable bonds is 5. The normalized spacial score (nSPS) is 12.0. The molecule has 106 valence electrons. The molecule has 0 heterocycles. The molecule has 0 amide bonds. The second kappa shape index (κ2) is 6.77. The summed E-state index contributed by atoms with van der Waals surface area (Å²) in [6.07, 6.45) is 0.763. The fourth-order valence-corrected chi connectivity index (χ4v) is 2.35. The number of halogens is 1. The van der Waals surface area contributed by atoms with Gasteiger partial charge in [-0.25, -0.2) is 0 Å². The van der Waals surface area contributed by atoms with Gasteiger partial charge in [-0.1, -0.05) is 22.0 Å². The molecular formula is C16H18BrNO2. The van der Waals surface area contributed by atoms with Gasteiger partial charge in [0.15, 0.2) is 0 Å². The highest BCUT2D eigenvalue weighted by molar-refractivity contribution is 9.10. The number of hydrogen-bond acceptors (Lipinski definition) is 3. The van der Waals surface area contributed by atoms with Crippen molar-refractivity contribution in [3.63, 3.8) is 0 Å². The van der Waals surface area contributed by atoms with E-state index in [1.54, 1.807) is 7.11 Å². The first-order chi connectivity index (χ1) is 9.58. The molecule has 0 spiro atoms. The molecule has 1 atom stereocenters. The lowest BCUT2D eigenvalue weighted by atomic mass is 10.1. The smallest absolute Gasteiger partial charge is 0.131 e. The van der Waals surface area contributed by atoms with Crippen molar-refractivity contribution >= 4 is 15.9 Å². The minimum atomic E-state index is 0.0805. The predicted octanol–water partition coefficient (Wildman–Crippen LogP) is 4.14. The summed E-state index contributed by atoms with van der Waals surface area (Å²) in [7, 11) is 1.64. The zero-order valence-corrected chi connectivity index (χ0v) is 13.2. The molecule has 0 fully saturated rings. The molecule has 0 aliphatic carbocycles. The van der Waals surface area contributed by atoms with Gasteiger partial charge in [-0.3, -0.25) is 0 Å². The van der Waals surface area contributed by atoms with Gasteiger partial charge in [0.2, 0.25) is 0 Å². The summed E-state index contributed by atoms with van der Waals surface area (Å²) in [4.78, 5) is 0. The van der Waals surface area contributed by atoms with Gasteiger partial charge in [0.25, 0.3) is 0 Å². The van der Waals surface area contributed by atoms with Crippen LogP contribution in [-0.4, -0.2) is 13.2 Å². The molecular weight excluding hydrogens is 318 g/mol. The van der Waals surface area contributed by atoms with E-state index in [0.717, 1.165) is 33.7 Å². The summed E-state index contributed by atoms with van der Waals surface area (Å²) in [5.41, 5.74) is 6.97. The van der Waals surface area contributed by atoms with Crippen LogP contribution in [0.1, 0.15) is 12.5 Å². The molecule has 2 aromatic rings. The topological polar surface area (TPSA) is 44.5 Å². The third-order valence-electron chi connectivity index (χ3n) is 2.83. The largest absolute Gasteiger partial charge is 0.497 e. The van der Waals surface area contributed by atoms with Crippen molar-refractivity contribution in [3.05, 3.63) is 52.5 Å². The van der Waals surface area contributed by atoms with E-state index in [-0.39, 0.29) is 6.04 Å². The number of benzene rings is 2. The Balaban J connectivity index is 2.27. The minimum Gasteiger partial charge on any atom is -0.497 e. The van der Waals surface area contributed by atoms with Crippen molar-refractivity contribution in [2.24, 2.45) is 5.73 Å². The highest BCUT2D eigenvalue weighted by atomic mass is 79.9. The van der Waals surface area contributed by atoms with Crippen LogP contribution in [0, 0.1) is 0 Å². The zero-order chi connectivity index (χ0) is 14.5. The maximum atomic E-state index is 5.95. The van der Waals surface area contributed by atoms with E-state index >= 15 is 0 Å². The maximum absolute atomic E-state index is 5.95. The van der Waals surface area contributed by atoms with Crippen molar-refractivity contribution in [2.45, 2.75) is 19.4 Å². The number of methoxy groups -OCH3 is 1. The quantitative estimate of drug-likeness (QED) is 0.892. The van der Waals surface area contributed by atoms with E-state index in [9.17, 15) is 0 Å². The molecule has 2 N–H and O–H groups in total. The van der Waals surface area contributed by atoms with Gasteiger partial charge >= 0.3 is 0 Å². The Morgan fingerprint density at radius 3 is 2.60 bits per heavy atom. The molecule has 0 aromatic heterocycles. The second-order valence-corrected chi connectivity index (χ2v) is 5.63. The number of ether oxygens (including phenoxy) is 2. The lowest BCUT2D eigenvalue weighted by molar-refractivity contribution is 0.408. The molecule has 2 aromatic carbocycles. The van der Waals surface area contributed by atoms with Crippen LogP contribution in [0.25, 0.3) is 0 Å². The van der Waals surface area contributed by atoms with Gasteiger partial charge in [0.1, 0.15) is 17.2 Å². The summed E-state index contributed by atoms with van der Waals surface area (Å²) in [5.74, 6) is 2.34. The Bertz CT molecular complexity index is 584. The SMILES string of the molecule is COc1cccc(Oc2ccc(Br)cc2CC(C)N)c1. The van der Waals surface area contributed by atoms with Gasteiger partial charge in [-0.2, -0.15) is 0 Å². The molecule has 0 radical (unpaired) electrons. The number of hydrogen-bond donors (Lipinski definition) is 1. The third kappa shape index (κ3) is 3.99. The number of nitrogens with two attached hydrogens (primary N) is 1. The molecule has 3 nitrogen and oxygen atoms in total. The summed E-state index contributed by atoms with van der Waals surface area (Å²) in [6, 6.07) is 13.6. The van der Waals surface area contributed by atoms with E-state index in [2.05, 4.69) is 15.9 Å². The minimum absolute atomic E-state index is 0.0805. The van der Waals surface area contributed by atoms with Crippen LogP contribution in [-0.2, 0) is 6.42 Å². The molecule has 4 heteroatoms. The molecule has 20 heavy (non-hydrogen) atoms. The highest BCUT2D eigenvalue weighted by Crippen LogP contribution is 2.30. The third-order valence-corrected chi connectivity index (χ3v) is 3.33. The summed E-state index contributed by atoms with van der Waals surface area (Å²) >= 11 is 3.48. The Labute approximate surface area is 127 Å². The van der Waals surface area contributed by atoms with Gasteiger partial charge in [0, 0.05) is 16.6 Å². The van der Waals surface area contributed by atoms with Crippen LogP contribution in [0.3, 0.4) is 0 Å². The van der Waals surface area contributed by atoms with Gasteiger partial charge < -0.3 is 15.2 Å². The van der Waals surface area contributed by atoms with Crippen molar-refractivity contribution in [1.29, 1.82) is 0 Å². The molecule has 0 aliphatic heterocycles. The van der Waals surface area contributed by atoms with Crippen LogP contribution in [0.4, 0.5) is 0 Å². The maximum Gasteiger partial charge on any atom is 0.131 e. The average molecular weight is 336 g/mol. The van der Waals surface area contributed by atoms with Crippen LogP contribution in [0.2, 0.25) is 0 Å². The van der Waals surface area contributed by atoms with Gasteiger partial charge in [-0.05, 0) is 49.2 Å². The van der Waals surface area contributed by atoms with E-state index in [1.165, 1.54) is 0 Å². The van der Waals surface area contributed by atoms with Crippen LogP contribution < -0.4 is 15.2 Å². The average Bonchev–Trinajstić information content (AvgIpc) is 2.41. The molecule has 0 bridgehead atoms. The van der Waals surface area contributed by atoms with Gasteiger partial charge in [-0.15, -0.1) is 0 Å². The fourth-order valence-electron chi connectivity index (χ4n) is 1.95. The highest BCUT2D eigenvalue weighted by Gasteiger charge is 2.08. The first-order valence-corrected chi connectivity index (χ1v) is 7.23. The summed E-state index contributed by atoms with van der Waals surface area (Å²) < 4.78 is 12.2. The lowest BCUT2D eigenvalue weighted by Crippen LogP contribution is -2.18. The zero-order valence-electron chi connectivity index (χ0n) is 11.6. The van der Waals surface area contributed by atoms with E-state index in [0.29, 0.717) is 0 Å². The molecule has 0 aliphatic rings. The first-order valence-electron chi connectivity index (χ1n) is 6.44.